The molecule has 106 valence electrons. The molecular weight excluding hydrogens is 350 g/mol. The van der Waals surface area contributed by atoms with Crippen LogP contribution in [0.3, 0.4) is 0 Å². The van der Waals surface area contributed by atoms with E-state index in [1.54, 1.807) is 12.1 Å². The predicted octanol–water partition coefficient (Wildman–Crippen LogP) is 4.49. The molecule has 0 aliphatic rings. The van der Waals surface area contributed by atoms with Crippen LogP contribution in [0.1, 0.15) is 11.6 Å². The number of nitrogens with one attached hydrogen (secondary N) is 1. The summed E-state index contributed by atoms with van der Waals surface area (Å²) >= 11 is 9.10. The van der Waals surface area contributed by atoms with E-state index in [2.05, 4.69) is 21.2 Å². The van der Waals surface area contributed by atoms with Crippen molar-refractivity contribution in [1.82, 2.24) is 0 Å². The molecule has 3 N–H and O–H groups in total. The van der Waals surface area contributed by atoms with Gasteiger partial charge < -0.3 is 11.1 Å². The zero-order chi connectivity index (χ0) is 14.7. The minimum Gasteiger partial charge on any atom is -0.377 e. The van der Waals surface area contributed by atoms with Crippen LogP contribution in [0, 0.1) is 11.6 Å². The quantitative estimate of drug-likeness (QED) is 0.842. The van der Waals surface area contributed by atoms with Gasteiger partial charge in [-0.2, -0.15) is 0 Å². The lowest BCUT2D eigenvalue weighted by atomic mass is 10.1. The molecule has 20 heavy (non-hydrogen) atoms. The summed E-state index contributed by atoms with van der Waals surface area (Å²) in [4.78, 5) is 0. The molecule has 0 amide bonds. The number of rotatable bonds is 4. The summed E-state index contributed by atoms with van der Waals surface area (Å²) in [5, 5.41) is 3.38. The van der Waals surface area contributed by atoms with E-state index in [1.807, 2.05) is 0 Å². The van der Waals surface area contributed by atoms with Crippen molar-refractivity contribution in [2.75, 3.05) is 11.9 Å². The monoisotopic (exact) mass is 360 g/mol. The maximum absolute atomic E-state index is 13.3. The second kappa shape index (κ2) is 6.52. The lowest BCUT2D eigenvalue weighted by Crippen LogP contribution is -2.21. The first-order valence-electron chi connectivity index (χ1n) is 5.87. The van der Waals surface area contributed by atoms with Crippen molar-refractivity contribution in [3.63, 3.8) is 0 Å². The fourth-order valence-electron chi connectivity index (χ4n) is 1.89. The van der Waals surface area contributed by atoms with Gasteiger partial charge in [0.25, 0.3) is 0 Å². The highest BCUT2D eigenvalue weighted by Gasteiger charge is 2.14. The van der Waals surface area contributed by atoms with Crippen LogP contribution < -0.4 is 11.1 Å². The van der Waals surface area contributed by atoms with Crippen LogP contribution in [0.15, 0.2) is 40.9 Å². The molecule has 0 saturated heterocycles. The maximum Gasteiger partial charge on any atom is 0.126 e. The van der Waals surface area contributed by atoms with E-state index >= 15 is 0 Å². The number of halogens is 4. The first-order chi connectivity index (χ1) is 9.49. The summed E-state index contributed by atoms with van der Waals surface area (Å²) < 4.78 is 27.0. The zero-order valence-corrected chi connectivity index (χ0v) is 12.7. The summed E-state index contributed by atoms with van der Waals surface area (Å²) in [6, 6.07) is 8.20. The first-order valence-corrected chi connectivity index (χ1v) is 7.04. The maximum atomic E-state index is 13.3. The Kier molecular flexibility index (Phi) is 4.96. The van der Waals surface area contributed by atoms with Gasteiger partial charge in [0.2, 0.25) is 0 Å². The highest BCUT2D eigenvalue weighted by atomic mass is 79.9. The van der Waals surface area contributed by atoms with Crippen molar-refractivity contribution >= 4 is 33.2 Å². The Bertz CT molecular complexity index is 602. The molecule has 0 aromatic heterocycles. The molecule has 0 aliphatic carbocycles. The van der Waals surface area contributed by atoms with Crippen LogP contribution in [0.5, 0.6) is 0 Å². The molecule has 1 unspecified atom stereocenters. The third kappa shape index (κ3) is 3.69. The number of anilines is 1. The molecule has 0 aliphatic heterocycles. The first kappa shape index (κ1) is 15.2. The van der Waals surface area contributed by atoms with Crippen LogP contribution >= 0.6 is 27.5 Å². The van der Waals surface area contributed by atoms with E-state index in [1.165, 1.54) is 24.3 Å². The zero-order valence-electron chi connectivity index (χ0n) is 10.3. The Hall–Kier alpha value is -1.17. The minimum absolute atomic E-state index is 0.262. The van der Waals surface area contributed by atoms with Gasteiger partial charge in [-0.3, -0.25) is 0 Å². The number of nitrogens with two attached hydrogens (primary N) is 1. The second-order valence-corrected chi connectivity index (χ2v) is 5.55. The van der Waals surface area contributed by atoms with Crippen molar-refractivity contribution in [3.8, 4) is 0 Å². The van der Waals surface area contributed by atoms with Gasteiger partial charge in [-0.05, 0) is 35.9 Å². The Balaban J connectivity index is 2.28. The lowest BCUT2D eigenvalue weighted by molar-refractivity contribution is 0.624. The van der Waals surface area contributed by atoms with Gasteiger partial charge in [-0.1, -0.05) is 33.6 Å². The molecule has 1 atom stereocenters. The number of hydrogen-bond acceptors (Lipinski definition) is 2. The van der Waals surface area contributed by atoms with Crippen molar-refractivity contribution in [2.24, 2.45) is 5.73 Å². The normalized spacial score (nSPS) is 12.2. The summed E-state index contributed by atoms with van der Waals surface area (Å²) in [6.45, 7) is 0.262. The molecule has 0 spiro atoms. The van der Waals surface area contributed by atoms with E-state index in [0.29, 0.717) is 15.2 Å². The smallest absolute Gasteiger partial charge is 0.126 e. The van der Waals surface area contributed by atoms with Gasteiger partial charge >= 0.3 is 0 Å². The Morgan fingerprint density at radius 1 is 1.15 bits per heavy atom. The summed E-state index contributed by atoms with van der Waals surface area (Å²) in [6.07, 6.45) is 0. The second-order valence-electron chi connectivity index (χ2n) is 4.26. The third-order valence-electron chi connectivity index (χ3n) is 2.78. The molecule has 0 radical (unpaired) electrons. The summed E-state index contributed by atoms with van der Waals surface area (Å²) in [5.41, 5.74) is 7.03. The van der Waals surface area contributed by atoms with E-state index in [9.17, 15) is 8.78 Å². The lowest BCUT2D eigenvalue weighted by Gasteiger charge is -2.20. The molecule has 0 heterocycles. The van der Waals surface area contributed by atoms with Gasteiger partial charge in [0.05, 0.1) is 6.04 Å². The van der Waals surface area contributed by atoms with Crippen LogP contribution in [0.25, 0.3) is 0 Å². The molecule has 2 aromatic carbocycles. The van der Waals surface area contributed by atoms with Gasteiger partial charge in [0.15, 0.2) is 0 Å². The minimum atomic E-state index is -0.436. The highest BCUT2D eigenvalue weighted by molar-refractivity contribution is 9.10. The molecular formula is C14H12BrClF2N2. The van der Waals surface area contributed by atoms with Crippen molar-refractivity contribution in [2.45, 2.75) is 6.04 Å². The SMILES string of the molecule is NCC(Nc1cc(F)cc(Cl)c1)c1ccc(F)cc1Br. The third-order valence-corrected chi connectivity index (χ3v) is 3.68. The predicted molar refractivity (Wildman–Crippen MR) is 80.9 cm³/mol. The van der Waals surface area contributed by atoms with Crippen LogP contribution in [-0.2, 0) is 0 Å². The van der Waals surface area contributed by atoms with Gasteiger partial charge in [-0.15, -0.1) is 0 Å². The fourth-order valence-corrected chi connectivity index (χ4v) is 2.74. The van der Waals surface area contributed by atoms with Gasteiger partial charge in [-0.25, -0.2) is 8.78 Å². The van der Waals surface area contributed by atoms with Crippen LogP contribution in [0.2, 0.25) is 5.02 Å². The average molecular weight is 362 g/mol. The Morgan fingerprint density at radius 2 is 1.90 bits per heavy atom. The van der Waals surface area contributed by atoms with E-state index in [0.717, 1.165) is 5.56 Å². The van der Waals surface area contributed by atoms with Crippen LogP contribution in [-0.4, -0.2) is 6.54 Å². The van der Waals surface area contributed by atoms with Crippen molar-refractivity contribution < 1.29 is 8.78 Å². The van der Waals surface area contributed by atoms with Crippen molar-refractivity contribution in [3.05, 3.63) is 63.1 Å². The highest BCUT2D eigenvalue weighted by Crippen LogP contribution is 2.28. The van der Waals surface area contributed by atoms with Gasteiger partial charge in [0, 0.05) is 21.7 Å². The molecule has 6 heteroatoms. The number of hydrogen-bond donors (Lipinski definition) is 2. The standard InChI is InChI=1S/C14H12BrClF2N2/c15-13-6-9(17)1-2-12(13)14(7-19)20-11-4-8(16)3-10(18)5-11/h1-6,14,20H,7,19H2. The van der Waals surface area contributed by atoms with E-state index in [-0.39, 0.29) is 18.4 Å². The van der Waals surface area contributed by atoms with Crippen LogP contribution in [0.4, 0.5) is 14.5 Å². The Morgan fingerprint density at radius 3 is 2.50 bits per heavy atom. The topological polar surface area (TPSA) is 38.0 Å². The number of benzene rings is 2. The summed E-state index contributed by atoms with van der Waals surface area (Å²) in [7, 11) is 0. The molecule has 2 rings (SSSR count). The molecule has 2 nitrogen and oxygen atoms in total. The molecule has 2 aromatic rings. The van der Waals surface area contributed by atoms with E-state index in [4.69, 9.17) is 17.3 Å². The molecule has 0 saturated carbocycles. The molecule has 0 fully saturated rings. The Labute approximate surface area is 129 Å². The van der Waals surface area contributed by atoms with Gasteiger partial charge in [0.1, 0.15) is 11.6 Å². The summed E-state index contributed by atoms with van der Waals surface area (Å²) in [5.74, 6) is -0.779. The van der Waals surface area contributed by atoms with E-state index < -0.39 is 5.82 Å². The fraction of sp³-hybridized carbons (Fsp3) is 0.143. The average Bonchev–Trinajstić information content (AvgIpc) is 2.35. The molecule has 0 bridgehead atoms. The largest absolute Gasteiger partial charge is 0.377 e. The van der Waals surface area contributed by atoms with Crippen molar-refractivity contribution in [1.29, 1.82) is 0 Å².